The molecule has 1 saturated heterocycles. The van der Waals surface area contributed by atoms with Crippen molar-refractivity contribution in [3.05, 3.63) is 66.2 Å². The Balaban J connectivity index is 1.47. The summed E-state index contributed by atoms with van der Waals surface area (Å²) in [6.45, 7) is 4.74. The molecule has 22 heavy (non-hydrogen) atoms. The fourth-order valence-electron chi connectivity index (χ4n) is 3.34. The van der Waals surface area contributed by atoms with Crippen LogP contribution in [0.4, 0.5) is 5.69 Å². The molecule has 3 rings (SSSR count). The molecule has 0 radical (unpaired) electrons. The van der Waals surface area contributed by atoms with E-state index in [0.717, 1.165) is 6.42 Å². The molecule has 116 valence electrons. The van der Waals surface area contributed by atoms with E-state index < -0.39 is 0 Å². The molecular formula is C20H26N2. The SMILES string of the molecule is CC(Cc1ccccc1)N1CCC(Nc2ccccc2)CC1. The molecule has 2 aromatic carbocycles. The molecule has 0 aliphatic carbocycles. The average Bonchev–Trinajstić information content (AvgIpc) is 2.57. The molecule has 2 heteroatoms. The van der Waals surface area contributed by atoms with Crippen LogP contribution in [0.1, 0.15) is 25.3 Å². The van der Waals surface area contributed by atoms with Crippen molar-refractivity contribution in [3.8, 4) is 0 Å². The lowest BCUT2D eigenvalue weighted by atomic mass is 10.00. The van der Waals surface area contributed by atoms with E-state index in [-0.39, 0.29) is 0 Å². The molecular weight excluding hydrogens is 268 g/mol. The van der Waals surface area contributed by atoms with Gasteiger partial charge in [-0.3, -0.25) is 0 Å². The first-order valence-corrected chi connectivity index (χ1v) is 8.41. The van der Waals surface area contributed by atoms with Gasteiger partial charge in [0.1, 0.15) is 0 Å². The van der Waals surface area contributed by atoms with Gasteiger partial charge in [0.2, 0.25) is 0 Å². The first-order chi connectivity index (χ1) is 10.8. The number of hydrogen-bond acceptors (Lipinski definition) is 2. The van der Waals surface area contributed by atoms with Crippen molar-refractivity contribution in [1.82, 2.24) is 4.90 Å². The van der Waals surface area contributed by atoms with Crippen molar-refractivity contribution in [3.63, 3.8) is 0 Å². The molecule has 0 spiro atoms. The van der Waals surface area contributed by atoms with E-state index in [0.29, 0.717) is 12.1 Å². The normalized spacial score (nSPS) is 18.0. The molecule has 0 amide bonds. The molecule has 1 fully saturated rings. The first kappa shape index (κ1) is 15.1. The number of para-hydroxylation sites is 1. The lowest BCUT2D eigenvalue weighted by molar-refractivity contribution is 0.166. The molecule has 2 aromatic rings. The summed E-state index contributed by atoms with van der Waals surface area (Å²) in [7, 11) is 0. The van der Waals surface area contributed by atoms with Crippen molar-refractivity contribution in [2.45, 2.75) is 38.3 Å². The Morgan fingerprint density at radius 1 is 0.955 bits per heavy atom. The van der Waals surface area contributed by atoms with Gasteiger partial charge < -0.3 is 10.2 Å². The summed E-state index contributed by atoms with van der Waals surface area (Å²) in [6, 6.07) is 22.7. The van der Waals surface area contributed by atoms with E-state index in [2.05, 4.69) is 77.8 Å². The summed E-state index contributed by atoms with van der Waals surface area (Å²) in [6.07, 6.45) is 3.61. The van der Waals surface area contributed by atoms with Gasteiger partial charge in [0.05, 0.1) is 0 Å². The minimum absolute atomic E-state index is 0.613. The van der Waals surface area contributed by atoms with Crippen molar-refractivity contribution in [2.75, 3.05) is 18.4 Å². The van der Waals surface area contributed by atoms with Crippen molar-refractivity contribution >= 4 is 5.69 Å². The van der Waals surface area contributed by atoms with Crippen molar-refractivity contribution in [2.24, 2.45) is 0 Å². The largest absolute Gasteiger partial charge is 0.382 e. The molecule has 0 bridgehead atoms. The quantitative estimate of drug-likeness (QED) is 0.889. The number of nitrogens with zero attached hydrogens (tertiary/aromatic N) is 1. The third-order valence-electron chi connectivity index (χ3n) is 4.67. The smallest absolute Gasteiger partial charge is 0.0342 e. The number of nitrogens with one attached hydrogen (secondary N) is 1. The van der Waals surface area contributed by atoms with Crippen LogP contribution in [0.5, 0.6) is 0 Å². The third kappa shape index (κ3) is 4.11. The molecule has 0 aromatic heterocycles. The minimum atomic E-state index is 0.613. The summed E-state index contributed by atoms with van der Waals surface area (Å²) < 4.78 is 0. The monoisotopic (exact) mass is 294 g/mol. The highest BCUT2D eigenvalue weighted by Crippen LogP contribution is 2.19. The number of likely N-dealkylation sites (tertiary alicyclic amines) is 1. The summed E-state index contributed by atoms with van der Waals surface area (Å²) >= 11 is 0. The first-order valence-electron chi connectivity index (χ1n) is 8.41. The fraction of sp³-hybridized carbons (Fsp3) is 0.400. The zero-order valence-electron chi connectivity index (χ0n) is 13.4. The van der Waals surface area contributed by atoms with Crippen LogP contribution in [0, 0.1) is 0 Å². The lowest BCUT2D eigenvalue weighted by Gasteiger charge is -2.36. The van der Waals surface area contributed by atoms with Crippen LogP contribution in [0.15, 0.2) is 60.7 Å². The Labute approximate surface area is 134 Å². The number of benzene rings is 2. The van der Waals surface area contributed by atoms with E-state index in [1.165, 1.54) is 37.2 Å². The predicted octanol–water partition coefficient (Wildman–Crippen LogP) is 4.19. The Bertz CT molecular complexity index is 544. The van der Waals surface area contributed by atoms with Crippen LogP contribution in [-0.4, -0.2) is 30.1 Å². The lowest BCUT2D eigenvalue weighted by Crippen LogP contribution is -2.44. The maximum absolute atomic E-state index is 3.66. The number of hydrogen-bond donors (Lipinski definition) is 1. The van der Waals surface area contributed by atoms with Gasteiger partial charge in [0.25, 0.3) is 0 Å². The topological polar surface area (TPSA) is 15.3 Å². The van der Waals surface area contributed by atoms with Crippen molar-refractivity contribution in [1.29, 1.82) is 0 Å². The molecule has 0 saturated carbocycles. The highest BCUT2D eigenvalue weighted by Gasteiger charge is 2.22. The van der Waals surface area contributed by atoms with Gasteiger partial charge in [-0.15, -0.1) is 0 Å². The molecule has 1 aliphatic rings. The van der Waals surface area contributed by atoms with Gasteiger partial charge in [-0.1, -0.05) is 48.5 Å². The predicted molar refractivity (Wildman–Crippen MR) is 94.3 cm³/mol. The third-order valence-corrected chi connectivity index (χ3v) is 4.67. The van der Waals surface area contributed by atoms with Gasteiger partial charge >= 0.3 is 0 Å². The highest BCUT2D eigenvalue weighted by atomic mass is 15.2. The van der Waals surface area contributed by atoms with Crippen LogP contribution in [0.2, 0.25) is 0 Å². The number of piperidine rings is 1. The molecule has 2 nitrogen and oxygen atoms in total. The Hall–Kier alpha value is -1.80. The van der Waals surface area contributed by atoms with Crippen LogP contribution >= 0.6 is 0 Å². The second kappa shape index (κ2) is 7.46. The molecule has 1 atom stereocenters. The Kier molecular flexibility index (Phi) is 5.12. The molecule has 1 N–H and O–H groups in total. The van der Waals surface area contributed by atoms with Crippen molar-refractivity contribution < 1.29 is 0 Å². The van der Waals surface area contributed by atoms with Crippen LogP contribution < -0.4 is 5.32 Å². The molecule has 1 unspecified atom stereocenters. The average molecular weight is 294 g/mol. The highest BCUT2D eigenvalue weighted by molar-refractivity contribution is 5.43. The van der Waals surface area contributed by atoms with Crippen LogP contribution in [0.25, 0.3) is 0 Å². The van der Waals surface area contributed by atoms with Gasteiger partial charge in [-0.05, 0) is 43.9 Å². The second-order valence-corrected chi connectivity index (χ2v) is 6.36. The van der Waals surface area contributed by atoms with Gasteiger partial charge in [-0.2, -0.15) is 0 Å². The van der Waals surface area contributed by atoms with E-state index >= 15 is 0 Å². The maximum atomic E-state index is 3.66. The molecule has 1 heterocycles. The van der Waals surface area contributed by atoms with Gasteiger partial charge in [0.15, 0.2) is 0 Å². The van der Waals surface area contributed by atoms with E-state index in [4.69, 9.17) is 0 Å². The van der Waals surface area contributed by atoms with E-state index in [1.54, 1.807) is 0 Å². The number of rotatable bonds is 5. The second-order valence-electron chi connectivity index (χ2n) is 6.36. The zero-order chi connectivity index (χ0) is 15.2. The summed E-state index contributed by atoms with van der Waals surface area (Å²) in [5.74, 6) is 0. The Morgan fingerprint density at radius 3 is 2.18 bits per heavy atom. The van der Waals surface area contributed by atoms with E-state index in [1.807, 2.05) is 0 Å². The van der Waals surface area contributed by atoms with Crippen LogP contribution in [-0.2, 0) is 6.42 Å². The molecule has 1 aliphatic heterocycles. The maximum Gasteiger partial charge on any atom is 0.0342 e. The minimum Gasteiger partial charge on any atom is -0.382 e. The fourth-order valence-corrected chi connectivity index (χ4v) is 3.34. The summed E-state index contributed by atoms with van der Waals surface area (Å²) in [5.41, 5.74) is 2.69. The zero-order valence-corrected chi connectivity index (χ0v) is 13.4. The van der Waals surface area contributed by atoms with E-state index in [9.17, 15) is 0 Å². The number of anilines is 1. The summed E-state index contributed by atoms with van der Waals surface area (Å²) in [5, 5.41) is 3.66. The van der Waals surface area contributed by atoms with Gasteiger partial charge in [0, 0.05) is 30.9 Å². The van der Waals surface area contributed by atoms with Gasteiger partial charge in [-0.25, -0.2) is 0 Å². The Morgan fingerprint density at radius 2 is 1.55 bits per heavy atom. The standard InChI is InChI=1S/C20H26N2/c1-17(16-18-8-4-2-5-9-18)22-14-12-20(13-15-22)21-19-10-6-3-7-11-19/h2-11,17,20-21H,12-16H2,1H3. The summed E-state index contributed by atoms with van der Waals surface area (Å²) in [4.78, 5) is 2.64. The van der Waals surface area contributed by atoms with Crippen LogP contribution in [0.3, 0.4) is 0 Å².